The van der Waals surface area contributed by atoms with Crippen molar-refractivity contribution in [2.75, 3.05) is 51.3 Å². The zero-order valence-electron chi connectivity index (χ0n) is 17.0. The van der Waals surface area contributed by atoms with E-state index in [1.54, 1.807) is 7.11 Å². The molecule has 0 spiro atoms. The fourth-order valence-electron chi connectivity index (χ4n) is 3.41. The number of guanidine groups is 1. The lowest BCUT2D eigenvalue weighted by atomic mass is 10.1. The first-order valence-corrected chi connectivity index (χ1v) is 10.1. The van der Waals surface area contributed by atoms with Crippen LogP contribution in [-0.2, 0) is 6.42 Å². The Labute approximate surface area is 168 Å². The Kier molecular flexibility index (Phi) is 7.53. The van der Waals surface area contributed by atoms with Gasteiger partial charge in [0.2, 0.25) is 0 Å². The number of nitrogens with zero attached hydrogens (tertiary/aromatic N) is 4. The van der Waals surface area contributed by atoms with Crippen LogP contribution in [0.3, 0.4) is 0 Å². The molecule has 3 rings (SSSR count). The topological polar surface area (TPSA) is 53.0 Å². The molecule has 6 nitrogen and oxygen atoms in total. The average Bonchev–Trinajstić information content (AvgIpc) is 2.77. The summed E-state index contributed by atoms with van der Waals surface area (Å²) in [5.74, 6) is 3.00. The lowest BCUT2D eigenvalue weighted by Crippen LogP contribution is -2.52. The van der Waals surface area contributed by atoms with Gasteiger partial charge in [-0.25, -0.2) is 4.98 Å². The van der Waals surface area contributed by atoms with Crippen LogP contribution >= 0.6 is 0 Å². The first-order valence-electron chi connectivity index (χ1n) is 10.1. The largest absolute Gasteiger partial charge is 0.497 e. The number of hydrogen-bond acceptors (Lipinski definition) is 4. The normalized spacial score (nSPS) is 14.9. The van der Waals surface area contributed by atoms with Crippen molar-refractivity contribution in [2.45, 2.75) is 19.8 Å². The summed E-state index contributed by atoms with van der Waals surface area (Å²) in [5.41, 5.74) is 1.29. The van der Waals surface area contributed by atoms with Gasteiger partial charge in [-0.15, -0.1) is 0 Å². The number of pyridine rings is 1. The van der Waals surface area contributed by atoms with Crippen LogP contribution in [0.25, 0.3) is 0 Å². The van der Waals surface area contributed by atoms with Crippen LogP contribution in [0, 0.1) is 0 Å². The Morgan fingerprint density at radius 3 is 2.71 bits per heavy atom. The first kappa shape index (κ1) is 20.0. The molecule has 0 unspecified atom stereocenters. The Morgan fingerprint density at radius 2 is 2.00 bits per heavy atom. The van der Waals surface area contributed by atoms with Crippen LogP contribution in [0.4, 0.5) is 5.82 Å². The molecule has 1 aromatic heterocycles. The van der Waals surface area contributed by atoms with Gasteiger partial charge < -0.3 is 19.9 Å². The summed E-state index contributed by atoms with van der Waals surface area (Å²) in [6, 6.07) is 14.4. The predicted molar refractivity (Wildman–Crippen MR) is 115 cm³/mol. The molecule has 2 heterocycles. The molecule has 2 aromatic rings. The minimum absolute atomic E-state index is 0.819. The van der Waals surface area contributed by atoms with E-state index in [9.17, 15) is 0 Å². The van der Waals surface area contributed by atoms with Crippen molar-refractivity contribution in [1.82, 2.24) is 15.2 Å². The molecular formula is C22H31N5O. The van der Waals surface area contributed by atoms with Gasteiger partial charge >= 0.3 is 0 Å². The van der Waals surface area contributed by atoms with Gasteiger partial charge in [0.1, 0.15) is 11.6 Å². The number of piperazine rings is 1. The molecule has 0 radical (unpaired) electrons. The molecule has 0 atom stereocenters. The summed E-state index contributed by atoms with van der Waals surface area (Å²) in [7, 11) is 1.71. The minimum Gasteiger partial charge on any atom is -0.497 e. The number of nitrogens with one attached hydrogen (secondary N) is 1. The Bertz CT molecular complexity index is 742. The van der Waals surface area contributed by atoms with Crippen molar-refractivity contribution in [3.8, 4) is 5.75 Å². The summed E-state index contributed by atoms with van der Waals surface area (Å²) in [5, 5.41) is 3.45. The maximum absolute atomic E-state index is 5.30. The number of methoxy groups -OCH3 is 1. The number of anilines is 1. The number of aliphatic imine (C=N–C) groups is 1. The fourth-order valence-corrected chi connectivity index (χ4v) is 3.41. The van der Waals surface area contributed by atoms with E-state index in [0.717, 1.165) is 69.6 Å². The molecule has 0 aliphatic carbocycles. The predicted octanol–water partition coefficient (Wildman–Crippen LogP) is 2.81. The summed E-state index contributed by atoms with van der Waals surface area (Å²) >= 11 is 0. The highest BCUT2D eigenvalue weighted by Gasteiger charge is 2.20. The SMILES string of the molecule is CCNC(=NCCCc1cccc(OC)c1)N1CCN(c2ccccn2)CC1. The third-order valence-electron chi connectivity index (χ3n) is 4.91. The Morgan fingerprint density at radius 1 is 1.14 bits per heavy atom. The van der Waals surface area contributed by atoms with Crippen LogP contribution < -0.4 is 15.0 Å². The standard InChI is InChI=1S/C22H31N5O/c1-3-23-22(25-13-7-9-19-8-6-10-20(18-19)28-2)27-16-14-26(15-17-27)21-11-4-5-12-24-21/h4-6,8,10-12,18H,3,7,9,13-17H2,1-2H3,(H,23,25). The number of aryl methyl sites for hydroxylation is 1. The maximum atomic E-state index is 5.30. The van der Waals surface area contributed by atoms with Gasteiger partial charge in [-0.05, 0) is 49.6 Å². The van der Waals surface area contributed by atoms with Crippen LogP contribution in [-0.4, -0.2) is 62.2 Å². The molecule has 1 aliphatic heterocycles. The summed E-state index contributed by atoms with van der Waals surface area (Å²) in [4.78, 5) is 14.0. The molecule has 6 heteroatoms. The zero-order valence-corrected chi connectivity index (χ0v) is 17.0. The third kappa shape index (κ3) is 5.62. The van der Waals surface area contributed by atoms with Crippen LogP contribution in [0.5, 0.6) is 5.75 Å². The molecule has 0 saturated carbocycles. The lowest BCUT2D eigenvalue weighted by Gasteiger charge is -2.37. The minimum atomic E-state index is 0.819. The van der Waals surface area contributed by atoms with Gasteiger partial charge in [0.15, 0.2) is 5.96 Å². The number of hydrogen-bond donors (Lipinski definition) is 1. The smallest absolute Gasteiger partial charge is 0.194 e. The maximum Gasteiger partial charge on any atom is 0.194 e. The van der Waals surface area contributed by atoms with E-state index in [-0.39, 0.29) is 0 Å². The van der Waals surface area contributed by atoms with E-state index >= 15 is 0 Å². The number of rotatable bonds is 7. The van der Waals surface area contributed by atoms with Gasteiger partial charge in [-0.1, -0.05) is 18.2 Å². The van der Waals surface area contributed by atoms with Gasteiger partial charge in [0.05, 0.1) is 7.11 Å². The van der Waals surface area contributed by atoms with Crippen molar-refractivity contribution >= 4 is 11.8 Å². The van der Waals surface area contributed by atoms with E-state index in [4.69, 9.17) is 9.73 Å². The molecule has 1 fully saturated rings. The molecule has 1 aliphatic rings. The molecule has 28 heavy (non-hydrogen) atoms. The second kappa shape index (κ2) is 10.5. The molecular weight excluding hydrogens is 350 g/mol. The van der Waals surface area contributed by atoms with Gasteiger partial charge in [0.25, 0.3) is 0 Å². The van der Waals surface area contributed by atoms with E-state index in [1.807, 2.05) is 30.5 Å². The van der Waals surface area contributed by atoms with Crippen molar-refractivity contribution in [1.29, 1.82) is 0 Å². The molecule has 150 valence electrons. The van der Waals surface area contributed by atoms with Crippen molar-refractivity contribution in [2.24, 2.45) is 4.99 Å². The monoisotopic (exact) mass is 381 g/mol. The van der Waals surface area contributed by atoms with Gasteiger partial charge in [-0.2, -0.15) is 0 Å². The summed E-state index contributed by atoms with van der Waals surface area (Å²) in [6.07, 6.45) is 3.89. The van der Waals surface area contributed by atoms with Crippen LogP contribution in [0.2, 0.25) is 0 Å². The average molecular weight is 382 g/mol. The third-order valence-corrected chi connectivity index (χ3v) is 4.91. The highest BCUT2D eigenvalue weighted by atomic mass is 16.5. The fraction of sp³-hybridized carbons (Fsp3) is 0.455. The number of benzene rings is 1. The lowest BCUT2D eigenvalue weighted by molar-refractivity contribution is 0.371. The van der Waals surface area contributed by atoms with Gasteiger partial charge in [0, 0.05) is 45.5 Å². The summed E-state index contributed by atoms with van der Waals surface area (Å²) < 4.78 is 5.30. The van der Waals surface area contributed by atoms with Crippen molar-refractivity contribution < 1.29 is 4.74 Å². The van der Waals surface area contributed by atoms with E-state index < -0.39 is 0 Å². The molecule has 1 aromatic carbocycles. The molecule has 1 saturated heterocycles. The van der Waals surface area contributed by atoms with Gasteiger partial charge in [-0.3, -0.25) is 4.99 Å². The second-order valence-electron chi connectivity index (χ2n) is 6.85. The second-order valence-corrected chi connectivity index (χ2v) is 6.85. The van der Waals surface area contributed by atoms with E-state index in [0.29, 0.717) is 0 Å². The Hall–Kier alpha value is -2.76. The number of ether oxygens (including phenoxy) is 1. The zero-order chi connectivity index (χ0) is 19.6. The van der Waals surface area contributed by atoms with Crippen LogP contribution in [0.15, 0.2) is 53.7 Å². The Balaban J connectivity index is 1.50. The molecule has 0 bridgehead atoms. The van der Waals surface area contributed by atoms with E-state index in [2.05, 4.69) is 45.2 Å². The van der Waals surface area contributed by atoms with Crippen LogP contribution in [0.1, 0.15) is 18.9 Å². The number of aromatic nitrogens is 1. The van der Waals surface area contributed by atoms with Crippen molar-refractivity contribution in [3.63, 3.8) is 0 Å². The first-order chi connectivity index (χ1) is 13.8. The molecule has 1 N–H and O–H groups in total. The highest BCUT2D eigenvalue weighted by Crippen LogP contribution is 2.14. The highest BCUT2D eigenvalue weighted by molar-refractivity contribution is 5.80. The molecule has 0 amide bonds. The van der Waals surface area contributed by atoms with Crippen molar-refractivity contribution in [3.05, 3.63) is 54.2 Å². The van der Waals surface area contributed by atoms with E-state index in [1.165, 1.54) is 5.56 Å². The quantitative estimate of drug-likeness (QED) is 0.454. The summed E-state index contributed by atoms with van der Waals surface area (Å²) in [6.45, 7) is 7.66.